The SMILES string of the molecule is c1ccc2c(c1)OCC(c1nnc(SCCn3cncn3)o1)O2. The van der Waals surface area contributed by atoms with Gasteiger partial charge in [-0.25, -0.2) is 4.98 Å². The van der Waals surface area contributed by atoms with Crippen molar-refractivity contribution in [2.24, 2.45) is 0 Å². The Bertz CT molecular complexity index is 776. The van der Waals surface area contributed by atoms with Crippen molar-refractivity contribution in [1.29, 1.82) is 0 Å². The minimum Gasteiger partial charge on any atom is -0.485 e. The lowest BCUT2D eigenvalue weighted by molar-refractivity contribution is 0.0686. The highest BCUT2D eigenvalue weighted by molar-refractivity contribution is 7.99. The van der Waals surface area contributed by atoms with Crippen molar-refractivity contribution in [2.75, 3.05) is 12.4 Å². The average Bonchev–Trinajstić information content (AvgIpc) is 3.26. The maximum atomic E-state index is 5.84. The quantitative estimate of drug-likeness (QED) is 0.656. The molecule has 3 heterocycles. The number of thioether (sulfide) groups is 1. The van der Waals surface area contributed by atoms with Crippen LogP contribution in [0.4, 0.5) is 0 Å². The number of benzene rings is 1. The second-order valence-corrected chi connectivity index (χ2v) is 5.82. The second-order valence-electron chi connectivity index (χ2n) is 4.78. The summed E-state index contributed by atoms with van der Waals surface area (Å²) >= 11 is 1.46. The average molecular weight is 331 g/mol. The van der Waals surface area contributed by atoms with Gasteiger partial charge in [0.1, 0.15) is 19.3 Å². The van der Waals surface area contributed by atoms with Crippen LogP contribution in [0.25, 0.3) is 0 Å². The first-order valence-corrected chi connectivity index (χ1v) is 8.04. The van der Waals surface area contributed by atoms with E-state index in [4.69, 9.17) is 13.9 Å². The van der Waals surface area contributed by atoms with Crippen LogP contribution in [0.2, 0.25) is 0 Å². The number of fused-ring (bicyclic) bond motifs is 1. The lowest BCUT2D eigenvalue weighted by Crippen LogP contribution is -2.21. The van der Waals surface area contributed by atoms with Crippen molar-refractivity contribution < 1.29 is 13.9 Å². The lowest BCUT2D eigenvalue weighted by atomic mass is 10.2. The number of ether oxygens (including phenoxy) is 2. The Morgan fingerprint density at radius 3 is 3.00 bits per heavy atom. The summed E-state index contributed by atoms with van der Waals surface area (Å²) in [5, 5.41) is 12.6. The summed E-state index contributed by atoms with van der Waals surface area (Å²) in [6.45, 7) is 1.07. The van der Waals surface area contributed by atoms with Gasteiger partial charge in [-0.15, -0.1) is 10.2 Å². The third-order valence-corrected chi connectivity index (χ3v) is 4.02. The molecule has 0 saturated heterocycles. The fourth-order valence-electron chi connectivity index (χ4n) is 2.12. The van der Waals surface area contributed by atoms with Crippen LogP contribution in [0, 0.1) is 0 Å². The molecule has 118 valence electrons. The van der Waals surface area contributed by atoms with Crippen molar-refractivity contribution in [3.05, 3.63) is 42.8 Å². The first-order valence-electron chi connectivity index (χ1n) is 7.05. The molecule has 1 aliphatic heterocycles. The van der Waals surface area contributed by atoms with E-state index in [0.717, 1.165) is 18.0 Å². The minimum absolute atomic E-state index is 0.349. The van der Waals surface area contributed by atoms with Crippen molar-refractivity contribution in [2.45, 2.75) is 17.9 Å². The molecule has 3 aromatic rings. The first kappa shape index (κ1) is 14.1. The standard InChI is InChI=1S/C14H13N5O3S/c1-2-4-11-10(3-1)20-7-12(21-11)13-17-18-14(22-13)23-6-5-19-9-15-8-16-19/h1-4,8-9,12H,5-7H2. The molecule has 0 fully saturated rings. The Labute approximate surface area is 135 Å². The van der Waals surface area contributed by atoms with Crippen molar-refractivity contribution in [3.8, 4) is 11.5 Å². The van der Waals surface area contributed by atoms with Gasteiger partial charge in [0.05, 0.1) is 6.54 Å². The highest BCUT2D eigenvalue weighted by Crippen LogP contribution is 2.35. The van der Waals surface area contributed by atoms with E-state index in [2.05, 4.69) is 20.3 Å². The lowest BCUT2D eigenvalue weighted by Gasteiger charge is -2.23. The summed E-state index contributed by atoms with van der Waals surface area (Å²) in [6, 6.07) is 7.51. The molecule has 1 aliphatic rings. The third kappa shape index (κ3) is 3.14. The van der Waals surface area contributed by atoms with Gasteiger partial charge in [-0.2, -0.15) is 5.10 Å². The molecule has 9 heteroatoms. The highest BCUT2D eigenvalue weighted by atomic mass is 32.2. The van der Waals surface area contributed by atoms with Crippen LogP contribution in [0.15, 0.2) is 46.6 Å². The summed E-state index contributed by atoms with van der Waals surface area (Å²) in [7, 11) is 0. The largest absolute Gasteiger partial charge is 0.485 e. The van der Waals surface area contributed by atoms with Gasteiger partial charge in [-0.1, -0.05) is 23.9 Å². The molecule has 23 heavy (non-hydrogen) atoms. The van der Waals surface area contributed by atoms with E-state index in [0.29, 0.717) is 23.5 Å². The number of para-hydroxylation sites is 2. The van der Waals surface area contributed by atoms with E-state index in [1.165, 1.54) is 18.1 Å². The van der Waals surface area contributed by atoms with E-state index < -0.39 is 0 Å². The number of hydrogen-bond acceptors (Lipinski definition) is 8. The molecule has 0 spiro atoms. The molecular formula is C14H13N5O3S. The molecule has 0 N–H and O–H groups in total. The van der Waals surface area contributed by atoms with E-state index in [9.17, 15) is 0 Å². The molecule has 8 nitrogen and oxygen atoms in total. The fraction of sp³-hybridized carbons (Fsp3) is 0.286. The molecule has 4 rings (SSSR count). The van der Waals surface area contributed by atoms with Crippen LogP contribution in [0.3, 0.4) is 0 Å². The summed E-state index contributed by atoms with van der Waals surface area (Å²) in [5.41, 5.74) is 0. The maximum absolute atomic E-state index is 5.84. The predicted molar refractivity (Wildman–Crippen MR) is 80.4 cm³/mol. The minimum atomic E-state index is -0.387. The molecule has 1 aromatic carbocycles. The zero-order valence-electron chi connectivity index (χ0n) is 12.0. The Kier molecular flexibility index (Phi) is 3.85. The molecule has 0 aliphatic carbocycles. The van der Waals surface area contributed by atoms with Gasteiger partial charge in [0.25, 0.3) is 11.1 Å². The number of hydrogen-bond donors (Lipinski definition) is 0. The van der Waals surface area contributed by atoms with Gasteiger partial charge in [-0.3, -0.25) is 4.68 Å². The summed E-state index contributed by atoms with van der Waals surface area (Å²) in [6.07, 6.45) is 2.79. The fourth-order valence-corrected chi connectivity index (χ4v) is 2.82. The Morgan fingerprint density at radius 2 is 2.13 bits per heavy atom. The number of aryl methyl sites for hydroxylation is 1. The van der Waals surface area contributed by atoms with Crippen molar-refractivity contribution >= 4 is 11.8 Å². The van der Waals surface area contributed by atoms with Gasteiger partial charge < -0.3 is 13.9 Å². The molecule has 1 unspecified atom stereocenters. The van der Waals surface area contributed by atoms with E-state index in [1.54, 1.807) is 11.0 Å². The first-order chi connectivity index (χ1) is 11.4. The van der Waals surface area contributed by atoms with Crippen LogP contribution in [-0.4, -0.2) is 37.3 Å². The van der Waals surface area contributed by atoms with E-state index >= 15 is 0 Å². The normalized spacial score (nSPS) is 16.4. The van der Waals surface area contributed by atoms with Crippen LogP contribution in [0.1, 0.15) is 12.0 Å². The van der Waals surface area contributed by atoms with Crippen LogP contribution < -0.4 is 9.47 Å². The van der Waals surface area contributed by atoms with Gasteiger partial charge in [0, 0.05) is 5.75 Å². The predicted octanol–water partition coefficient (Wildman–Crippen LogP) is 1.97. The molecule has 1 atom stereocenters. The van der Waals surface area contributed by atoms with Gasteiger partial charge in [0.2, 0.25) is 6.10 Å². The molecule has 0 saturated carbocycles. The van der Waals surface area contributed by atoms with Gasteiger partial charge in [0.15, 0.2) is 11.5 Å². The number of rotatable bonds is 5. The number of aromatic nitrogens is 5. The van der Waals surface area contributed by atoms with Crippen LogP contribution in [-0.2, 0) is 6.54 Å². The Morgan fingerprint density at radius 1 is 1.22 bits per heavy atom. The van der Waals surface area contributed by atoms with Gasteiger partial charge >= 0.3 is 0 Å². The summed E-state index contributed by atoms with van der Waals surface area (Å²) < 4.78 is 18.9. The van der Waals surface area contributed by atoms with Crippen LogP contribution >= 0.6 is 11.8 Å². The van der Waals surface area contributed by atoms with E-state index in [-0.39, 0.29) is 6.10 Å². The highest BCUT2D eigenvalue weighted by Gasteiger charge is 2.27. The van der Waals surface area contributed by atoms with E-state index in [1.807, 2.05) is 24.3 Å². The molecule has 0 radical (unpaired) electrons. The molecule has 2 aromatic heterocycles. The Hall–Kier alpha value is -2.55. The number of nitrogens with zero attached hydrogens (tertiary/aromatic N) is 5. The zero-order chi connectivity index (χ0) is 15.5. The molecule has 0 amide bonds. The third-order valence-electron chi connectivity index (χ3n) is 3.22. The Balaban J connectivity index is 1.36. The summed E-state index contributed by atoms with van der Waals surface area (Å²) in [4.78, 5) is 3.89. The zero-order valence-corrected chi connectivity index (χ0v) is 12.8. The molecular weight excluding hydrogens is 318 g/mol. The smallest absolute Gasteiger partial charge is 0.276 e. The second kappa shape index (κ2) is 6.29. The van der Waals surface area contributed by atoms with Crippen molar-refractivity contribution in [1.82, 2.24) is 25.0 Å². The monoisotopic (exact) mass is 331 g/mol. The molecule has 0 bridgehead atoms. The summed E-state index contributed by atoms with van der Waals surface area (Å²) in [5.74, 6) is 2.59. The van der Waals surface area contributed by atoms with Gasteiger partial charge in [-0.05, 0) is 12.1 Å². The maximum Gasteiger partial charge on any atom is 0.276 e. The van der Waals surface area contributed by atoms with Crippen molar-refractivity contribution in [3.63, 3.8) is 0 Å². The van der Waals surface area contributed by atoms with Crippen LogP contribution in [0.5, 0.6) is 11.5 Å². The topological polar surface area (TPSA) is 88.1 Å².